The first kappa shape index (κ1) is 87.7. The topological polar surface area (TPSA) is 291 Å². The molecule has 3 heterocycles. The molecule has 12 rings (SSSR count). The number of hydrogen-bond acceptors (Lipinski definition) is 20. The zero-order valence-corrected chi connectivity index (χ0v) is 65.9. The van der Waals surface area contributed by atoms with Crippen molar-refractivity contribution in [3.05, 3.63) is 206 Å². The third kappa shape index (κ3) is 21.9. The fraction of sp³-hybridized carbons (Fsp3) is 0.378. The summed E-state index contributed by atoms with van der Waals surface area (Å²) in [6.07, 6.45) is 20.1. The van der Waals surface area contributed by atoms with Gasteiger partial charge in [0.2, 0.25) is 12.2 Å². The number of rotatable bonds is 18. The summed E-state index contributed by atoms with van der Waals surface area (Å²) < 4.78 is 19.6. The summed E-state index contributed by atoms with van der Waals surface area (Å²) in [5.41, 5.74) is 9.97. The molecule has 0 spiro atoms. The predicted molar refractivity (Wildman–Crippen MR) is 416 cm³/mol. The summed E-state index contributed by atoms with van der Waals surface area (Å²) in [4.78, 5) is 51.7. The second-order valence-electron chi connectivity index (χ2n) is 26.7. The fourth-order valence-electron chi connectivity index (χ4n) is 13.6. The number of azo groups is 2. The first-order valence-electron chi connectivity index (χ1n) is 35.7. The molecule has 107 heavy (non-hydrogen) atoms. The molecule has 23 nitrogen and oxygen atoms in total. The minimum atomic E-state index is -0.588. The second-order valence-corrected chi connectivity index (χ2v) is 26.7. The molecular formula is C82H101CoFeN10O13+. The molecule has 2 aliphatic carbocycles. The number of non-ortho nitro benzene ring substituents is 2. The number of allylic oxidation sites excluding steroid dienone is 2. The van der Waals surface area contributed by atoms with Crippen LogP contribution in [0.2, 0.25) is 0 Å². The number of nitrogens with zero attached hydrogens (tertiary/aromatic N) is 10. The zero-order valence-electron chi connectivity index (χ0n) is 63.7. The van der Waals surface area contributed by atoms with Crippen LogP contribution >= 0.6 is 0 Å². The first-order valence-corrected chi connectivity index (χ1v) is 35.7. The second kappa shape index (κ2) is 40.1. The minimum absolute atomic E-state index is 0. The number of nitro benzene ring substituents is 2. The van der Waals surface area contributed by atoms with E-state index in [1.54, 1.807) is 42.5 Å². The Balaban J connectivity index is 0.000000284. The molecule has 0 aromatic heterocycles. The van der Waals surface area contributed by atoms with Crippen LogP contribution in [0.3, 0.4) is 0 Å². The van der Waals surface area contributed by atoms with E-state index in [0.717, 1.165) is 118 Å². The van der Waals surface area contributed by atoms with E-state index in [0.29, 0.717) is 5.56 Å². The number of ether oxygens (including phenoxy) is 3. The van der Waals surface area contributed by atoms with Gasteiger partial charge in [-0.15, -0.1) is 20.5 Å². The van der Waals surface area contributed by atoms with Crippen molar-refractivity contribution in [3.63, 3.8) is 0 Å². The van der Waals surface area contributed by atoms with E-state index in [2.05, 4.69) is 138 Å². The Kier molecular flexibility index (Phi) is 32.9. The molecule has 3 aliphatic heterocycles. The van der Waals surface area contributed by atoms with Crippen molar-refractivity contribution in [1.82, 2.24) is 4.58 Å². The molecule has 0 saturated heterocycles. The molecule has 5 aliphatic rings. The van der Waals surface area contributed by atoms with Crippen LogP contribution in [0.25, 0.3) is 16.7 Å². The summed E-state index contributed by atoms with van der Waals surface area (Å²) in [6, 6.07) is 33.0. The summed E-state index contributed by atoms with van der Waals surface area (Å²) >= 11 is 0. The quantitative estimate of drug-likeness (QED) is 0.00907. The molecule has 1 radical (unpaired) electrons. The Morgan fingerprint density at radius 1 is 0.589 bits per heavy atom. The molecule has 573 valence electrons. The number of carbonyl (C=O) groups excluding carboxylic acids is 2. The number of nitro groups is 2. The molecule has 2 fully saturated rings. The molecule has 7 aromatic rings. The third-order valence-corrected chi connectivity index (χ3v) is 18.8. The van der Waals surface area contributed by atoms with Crippen molar-refractivity contribution < 1.29 is 87.9 Å². The molecule has 25 heteroatoms. The zero-order chi connectivity index (χ0) is 75.6. The van der Waals surface area contributed by atoms with Crippen molar-refractivity contribution in [3.8, 4) is 34.5 Å². The minimum Gasteiger partial charge on any atom is -0.506 e. The van der Waals surface area contributed by atoms with Gasteiger partial charge in [-0.25, -0.2) is 9.37 Å². The van der Waals surface area contributed by atoms with Gasteiger partial charge in [-0.1, -0.05) is 69.2 Å². The fourth-order valence-corrected chi connectivity index (χ4v) is 13.6. The summed E-state index contributed by atoms with van der Waals surface area (Å²) in [6.45, 7) is 31.4. The normalized spacial score (nSPS) is 14.5. The number of benzene rings is 7. The van der Waals surface area contributed by atoms with Gasteiger partial charge in [0.25, 0.3) is 11.4 Å². The van der Waals surface area contributed by atoms with Gasteiger partial charge in [0.1, 0.15) is 63.8 Å². The molecule has 0 unspecified atom stereocenters. The Bertz CT molecular complexity index is 4410. The average molecular weight is 1550 g/mol. The Hall–Kier alpha value is -9.94. The summed E-state index contributed by atoms with van der Waals surface area (Å²) in [5, 5.41) is 78.4. The van der Waals surface area contributed by atoms with Crippen molar-refractivity contribution in [2.75, 3.05) is 60.8 Å². The van der Waals surface area contributed by atoms with Gasteiger partial charge in [0.15, 0.2) is 5.54 Å². The maximum absolute atomic E-state index is 13.5. The van der Waals surface area contributed by atoms with Crippen molar-refractivity contribution in [2.45, 2.75) is 159 Å². The number of anilines is 3. The Labute approximate surface area is 649 Å². The van der Waals surface area contributed by atoms with E-state index >= 15 is 0 Å². The smallest absolute Gasteiger partial charge is 0.506 e. The van der Waals surface area contributed by atoms with Gasteiger partial charge in [-0.3, -0.25) is 25.0 Å². The Morgan fingerprint density at radius 3 is 1.53 bits per heavy atom. The number of hydrogen-bond donors (Lipinski definition) is 4. The molecular weight excluding hydrogens is 1450 g/mol. The Morgan fingerprint density at radius 2 is 1.08 bits per heavy atom. The number of phenols is 4. The van der Waals surface area contributed by atoms with Crippen LogP contribution in [-0.4, -0.2) is 99.4 Å². The maximum Gasteiger partial charge on any atom is 2.00 e. The van der Waals surface area contributed by atoms with Crippen LogP contribution in [0, 0.1) is 34.1 Å². The van der Waals surface area contributed by atoms with Gasteiger partial charge in [0, 0.05) is 157 Å². The van der Waals surface area contributed by atoms with Gasteiger partial charge in [-0.05, 0) is 147 Å². The predicted octanol–water partition coefficient (Wildman–Crippen LogP) is 19.1. The van der Waals surface area contributed by atoms with E-state index in [9.17, 15) is 50.2 Å². The van der Waals surface area contributed by atoms with Gasteiger partial charge in [-0.2, -0.15) is 12.8 Å². The number of esters is 2. The van der Waals surface area contributed by atoms with Crippen LogP contribution in [0.1, 0.15) is 180 Å². The number of phenolic OH excluding ortho intramolecular Hbond substituents is 4. The number of likely N-dealkylation sites (N-methyl/N-ethyl adjacent to an activating group) is 2. The molecule has 0 atom stereocenters. The summed E-state index contributed by atoms with van der Waals surface area (Å²) in [5.74, 6) is -0.205. The van der Waals surface area contributed by atoms with Gasteiger partial charge in [0.05, 0.1) is 27.0 Å². The van der Waals surface area contributed by atoms with Crippen molar-refractivity contribution in [1.29, 1.82) is 0 Å². The van der Waals surface area contributed by atoms with E-state index in [1.807, 2.05) is 45.9 Å². The number of fused-ring (bicyclic) bond motifs is 4. The third-order valence-electron chi connectivity index (χ3n) is 18.8. The molecule has 0 amide bonds. The van der Waals surface area contributed by atoms with Crippen LogP contribution < -0.4 is 34.6 Å². The van der Waals surface area contributed by atoms with Crippen LogP contribution in [-0.2, 0) is 48.1 Å². The van der Waals surface area contributed by atoms with Crippen LogP contribution in [0.4, 0.5) is 51.2 Å². The first-order chi connectivity index (χ1) is 49.7. The molecule has 7 aromatic carbocycles. The molecule has 2 saturated carbocycles. The van der Waals surface area contributed by atoms with Crippen LogP contribution in [0.15, 0.2) is 154 Å². The standard InChI is InChI=1S/C39H43N2O5.2C16H18N4O4.C5H10.C5H9.CH3.Co.Fe/c1-10-40-32-18-34-30(16-28(32)23(3)20-38(40,6)7)36(26-14-12-13-15-27(26)37(43)45-22-44-25(5)42)31-17-29-24(4)21-39(8,9)41(11-2)33(29)19-35(31)46-34;2*1-3-19(4-2)11-5-7-13(16(22)10-11)17-18-14-9-12(20(23)24)6-8-15(14)21;2*1-2-4-5-3-1;;;/h12-21H,10-11,22H2,1-9H3;2*5-10,21-22H,3-4H2,1-2H3;1-5H2;1H,2-5H2;1H3;;/q+1;;;;2*-1;;+2. The summed E-state index contributed by atoms with van der Waals surface area (Å²) in [7, 11) is 0. The van der Waals surface area contributed by atoms with Gasteiger partial charge < -0.3 is 63.2 Å². The number of aromatic hydroxyl groups is 4. The maximum atomic E-state index is 13.5. The van der Waals surface area contributed by atoms with E-state index in [-0.39, 0.29) is 109 Å². The van der Waals surface area contributed by atoms with Gasteiger partial charge >= 0.3 is 29.0 Å². The largest absolute Gasteiger partial charge is 2.00 e. The average Bonchev–Trinajstić information content (AvgIpc) is 0.848. The van der Waals surface area contributed by atoms with E-state index in [4.69, 9.17) is 14.2 Å². The molecule has 0 bridgehead atoms. The van der Waals surface area contributed by atoms with Crippen molar-refractivity contribution >= 4 is 79.8 Å². The monoisotopic (exact) mass is 1550 g/mol. The van der Waals surface area contributed by atoms with Crippen molar-refractivity contribution in [2.24, 2.45) is 20.5 Å². The molecule has 4 N–H and O–H groups in total. The number of carbonyl (C=O) groups is 2. The van der Waals surface area contributed by atoms with E-state index < -0.39 is 28.6 Å². The van der Waals surface area contributed by atoms with E-state index in [1.165, 1.54) is 100 Å². The van der Waals surface area contributed by atoms with Crippen LogP contribution in [0.5, 0.6) is 34.5 Å². The SMILES string of the molecule is C1CCCC1.CCN(CC)c1ccc(N=Nc2cc([N+](=O)[O-])ccc2O)c(O)c1.CCN(CC)c1ccc(N=Nc2cc([N+](=O)[O-])ccc2O)c(O)c1.CCN1c2cc3c(cc2C(C)=CC1(C)C)C(c1ccccc1C(=O)OCOC(C)=O)=c1cc2c(cc1O3)=[N+](CC)C(C)(C)C=C2C.[CH-]1CCCC1.[CH3-].[Co].[Fe+2].